The van der Waals surface area contributed by atoms with Crippen molar-refractivity contribution >= 4 is 29.9 Å². The Morgan fingerprint density at radius 3 is 2.48 bits per heavy atom. The second-order valence-electron chi connectivity index (χ2n) is 8.65. The van der Waals surface area contributed by atoms with Gasteiger partial charge in [0.05, 0.1) is 0 Å². The molecular weight excluding hydrogens is 473 g/mol. The third-order valence-corrected chi connectivity index (χ3v) is 5.80. The van der Waals surface area contributed by atoms with Crippen LogP contribution in [0.15, 0.2) is 35.3 Å². The molecule has 29 heavy (non-hydrogen) atoms. The maximum Gasteiger partial charge on any atom is 0.193 e. The quantitative estimate of drug-likeness (QED) is 0.297. The second-order valence-corrected chi connectivity index (χ2v) is 8.65. The zero-order chi connectivity index (χ0) is 20.6. The van der Waals surface area contributed by atoms with Crippen molar-refractivity contribution in [1.82, 2.24) is 20.4 Å². The molecule has 0 spiro atoms. The van der Waals surface area contributed by atoms with E-state index in [0.29, 0.717) is 6.04 Å². The third kappa shape index (κ3) is 8.42. The molecule has 0 amide bonds. The Morgan fingerprint density at radius 2 is 1.90 bits per heavy atom. The first kappa shape index (κ1) is 26.2. The fraction of sp³-hybridized carbons (Fsp3) is 0.696. The van der Waals surface area contributed by atoms with Gasteiger partial charge in [0.15, 0.2) is 5.96 Å². The van der Waals surface area contributed by atoms with Gasteiger partial charge in [0.1, 0.15) is 0 Å². The van der Waals surface area contributed by atoms with Crippen LogP contribution in [0.1, 0.15) is 52.6 Å². The Labute approximate surface area is 195 Å². The lowest BCUT2D eigenvalue weighted by molar-refractivity contribution is 0.255. The summed E-state index contributed by atoms with van der Waals surface area (Å²) in [5.74, 6) is 1.77. The summed E-state index contributed by atoms with van der Waals surface area (Å²) < 4.78 is 0. The number of hydrogen-bond acceptors (Lipinski definition) is 3. The van der Waals surface area contributed by atoms with E-state index in [1.54, 1.807) is 0 Å². The van der Waals surface area contributed by atoms with Crippen molar-refractivity contribution in [2.75, 3.05) is 46.3 Å². The lowest BCUT2D eigenvalue weighted by Crippen LogP contribution is -2.52. The summed E-state index contributed by atoms with van der Waals surface area (Å²) >= 11 is 0. The minimum absolute atomic E-state index is 0. The largest absolute Gasteiger partial charge is 0.354 e. The standard InChI is InChI=1S/C23H41N5.HI/c1-7-27(8-2)16-20-14-15-28(17-20)22(24-6)25-18-23(4,5)26-19(3)21-12-10-9-11-13-21;/h9-13,19-20,26H,7-8,14-18H2,1-6H3,(H,24,25);1H. The number of benzene rings is 1. The summed E-state index contributed by atoms with van der Waals surface area (Å²) in [6.07, 6.45) is 1.25. The molecule has 1 fully saturated rings. The average molecular weight is 516 g/mol. The molecule has 0 aromatic heterocycles. The molecule has 0 radical (unpaired) electrons. The predicted molar refractivity (Wildman–Crippen MR) is 136 cm³/mol. The molecule has 6 heteroatoms. The first-order chi connectivity index (χ1) is 13.4. The van der Waals surface area contributed by atoms with Crippen LogP contribution in [0, 0.1) is 5.92 Å². The van der Waals surface area contributed by atoms with Gasteiger partial charge in [-0.15, -0.1) is 24.0 Å². The first-order valence-corrected chi connectivity index (χ1v) is 10.9. The number of nitrogens with one attached hydrogen (secondary N) is 2. The van der Waals surface area contributed by atoms with E-state index in [0.717, 1.165) is 44.6 Å². The molecule has 1 aliphatic rings. The summed E-state index contributed by atoms with van der Waals surface area (Å²) in [5.41, 5.74) is 1.28. The molecule has 0 bridgehead atoms. The van der Waals surface area contributed by atoms with E-state index in [9.17, 15) is 0 Å². The predicted octanol–water partition coefficient (Wildman–Crippen LogP) is 3.97. The normalized spacial score (nSPS) is 18.7. The van der Waals surface area contributed by atoms with E-state index in [4.69, 9.17) is 0 Å². The SMILES string of the molecule is CCN(CC)CC1CCN(C(=NC)NCC(C)(C)NC(C)c2ccccc2)C1.I. The Hall–Kier alpha value is -0.860. The number of halogens is 1. The van der Waals surface area contributed by atoms with Crippen molar-refractivity contribution in [3.05, 3.63) is 35.9 Å². The summed E-state index contributed by atoms with van der Waals surface area (Å²) in [6, 6.07) is 10.9. The average Bonchev–Trinajstić information content (AvgIpc) is 3.15. The van der Waals surface area contributed by atoms with Gasteiger partial charge in [-0.05, 0) is 51.8 Å². The van der Waals surface area contributed by atoms with Gasteiger partial charge in [0.25, 0.3) is 0 Å². The molecule has 2 rings (SSSR count). The van der Waals surface area contributed by atoms with Crippen LogP contribution in [0.2, 0.25) is 0 Å². The van der Waals surface area contributed by atoms with Gasteiger partial charge in [0.2, 0.25) is 0 Å². The molecule has 5 nitrogen and oxygen atoms in total. The fourth-order valence-corrected chi connectivity index (χ4v) is 4.12. The van der Waals surface area contributed by atoms with Crippen LogP contribution in [-0.2, 0) is 0 Å². The van der Waals surface area contributed by atoms with Crippen LogP contribution in [-0.4, -0.2) is 67.6 Å². The van der Waals surface area contributed by atoms with Crippen molar-refractivity contribution in [3.63, 3.8) is 0 Å². The third-order valence-electron chi connectivity index (χ3n) is 5.80. The maximum atomic E-state index is 4.55. The topological polar surface area (TPSA) is 42.9 Å². The van der Waals surface area contributed by atoms with E-state index in [-0.39, 0.29) is 29.5 Å². The summed E-state index contributed by atoms with van der Waals surface area (Å²) in [4.78, 5) is 9.51. The van der Waals surface area contributed by atoms with Crippen LogP contribution < -0.4 is 10.6 Å². The molecule has 166 valence electrons. The Morgan fingerprint density at radius 1 is 1.24 bits per heavy atom. The van der Waals surface area contributed by atoms with Gasteiger partial charge in [-0.3, -0.25) is 4.99 Å². The van der Waals surface area contributed by atoms with Crippen LogP contribution in [0.4, 0.5) is 0 Å². The molecule has 1 aromatic rings. The monoisotopic (exact) mass is 515 g/mol. The van der Waals surface area contributed by atoms with Gasteiger partial charge in [0, 0.05) is 44.8 Å². The number of rotatable bonds is 9. The Balaban J connectivity index is 0.00000420. The summed E-state index contributed by atoms with van der Waals surface area (Å²) in [6.45, 7) is 17.7. The molecule has 0 saturated carbocycles. The van der Waals surface area contributed by atoms with E-state index >= 15 is 0 Å². The van der Waals surface area contributed by atoms with Crippen LogP contribution in [0.5, 0.6) is 0 Å². The minimum Gasteiger partial charge on any atom is -0.354 e. The molecule has 2 unspecified atom stereocenters. The van der Waals surface area contributed by atoms with Crippen molar-refractivity contribution in [3.8, 4) is 0 Å². The number of guanidine groups is 1. The van der Waals surface area contributed by atoms with Gasteiger partial charge in [-0.2, -0.15) is 0 Å². The molecular formula is C23H42IN5. The van der Waals surface area contributed by atoms with Gasteiger partial charge < -0.3 is 20.4 Å². The van der Waals surface area contributed by atoms with Gasteiger partial charge in [-0.25, -0.2) is 0 Å². The van der Waals surface area contributed by atoms with E-state index < -0.39 is 0 Å². The smallest absolute Gasteiger partial charge is 0.193 e. The fourth-order valence-electron chi connectivity index (χ4n) is 4.12. The Bertz CT molecular complexity index is 601. The number of likely N-dealkylation sites (tertiary alicyclic amines) is 1. The van der Waals surface area contributed by atoms with E-state index in [2.05, 4.69) is 90.4 Å². The number of nitrogens with zero attached hydrogens (tertiary/aromatic N) is 3. The minimum atomic E-state index is -0.0362. The van der Waals surface area contributed by atoms with Crippen LogP contribution >= 0.6 is 24.0 Å². The second kappa shape index (κ2) is 12.7. The van der Waals surface area contributed by atoms with Crippen molar-refractivity contribution in [2.24, 2.45) is 10.9 Å². The Kier molecular flexibility index (Phi) is 11.5. The molecule has 2 N–H and O–H groups in total. The lowest BCUT2D eigenvalue weighted by Gasteiger charge is -2.33. The number of aliphatic imine (C=N–C) groups is 1. The van der Waals surface area contributed by atoms with E-state index in [1.165, 1.54) is 18.5 Å². The summed E-state index contributed by atoms with van der Waals surface area (Å²) in [7, 11) is 1.90. The zero-order valence-electron chi connectivity index (χ0n) is 19.2. The van der Waals surface area contributed by atoms with Crippen molar-refractivity contribution in [2.45, 2.75) is 52.6 Å². The maximum absolute atomic E-state index is 4.55. The highest BCUT2D eigenvalue weighted by Gasteiger charge is 2.27. The van der Waals surface area contributed by atoms with Crippen molar-refractivity contribution < 1.29 is 0 Å². The van der Waals surface area contributed by atoms with Crippen molar-refractivity contribution in [1.29, 1.82) is 0 Å². The van der Waals surface area contributed by atoms with Gasteiger partial charge in [-0.1, -0.05) is 44.2 Å². The highest BCUT2D eigenvalue weighted by molar-refractivity contribution is 14.0. The number of hydrogen-bond donors (Lipinski definition) is 2. The summed E-state index contributed by atoms with van der Waals surface area (Å²) in [5, 5.41) is 7.36. The molecule has 0 aliphatic carbocycles. The first-order valence-electron chi connectivity index (χ1n) is 10.9. The highest BCUT2D eigenvalue weighted by atomic mass is 127. The molecule has 1 aliphatic heterocycles. The zero-order valence-corrected chi connectivity index (χ0v) is 21.6. The van der Waals surface area contributed by atoms with Crippen LogP contribution in [0.3, 0.4) is 0 Å². The molecule has 2 atom stereocenters. The van der Waals surface area contributed by atoms with Gasteiger partial charge >= 0.3 is 0 Å². The molecule has 1 saturated heterocycles. The van der Waals surface area contributed by atoms with Crippen LogP contribution in [0.25, 0.3) is 0 Å². The molecule has 1 aromatic carbocycles. The molecule has 1 heterocycles. The lowest BCUT2D eigenvalue weighted by atomic mass is 10.0. The highest BCUT2D eigenvalue weighted by Crippen LogP contribution is 2.19. The van der Waals surface area contributed by atoms with E-state index in [1.807, 2.05) is 7.05 Å².